The molecule has 0 N–H and O–H groups in total. The van der Waals surface area contributed by atoms with Crippen LogP contribution in [0.25, 0.3) is 31.7 Å². The number of benzene rings is 2. The van der Waals surface area contributed by atoms with Crippen molar-refractivity contribution in [2.75, 3.05) is 44.3 Å². The van der Waals surface area contributed by atoms with E-state index >= 15 is 0 Å². The number of pyridine rings is 1. The molecule has 1 saturated heterocycles. The van der Waals surface area contributed by atoms with Crippen molar-refractivity contribution in [3.63, 3.8) is 0 Å². The number of halogens is 1. The summed E-state index contributed by atoms with van der Waals surface area (Å²) in [7, 11) is 0. The number of aromatic nitrogens is 2. The van der Waals surface area contributed by atoms with Crippen LogP contribution in [0.3, 0.4) is 0 Å². The minimum absolute atomic E-state index is 0.0637. The fourth-order valence-electron chi connectivity index (χ4n) is 4.81. The van der Waals surface area contributed by atoms with Crippen LogP contribution in [-0.4, -0.2) is 60.2 Å². The van der Waals surface area contributed by atoms with Crippen LogP contribution in [0, 0.1) is 6.92 Å². The Morgan fingerprint density at radius 3 is 2.76 bits per heavy atom. The van der Waals surface area contributed by atoms with Gasteiger partial charge in [-0.3, -0.25) is 14.6 Å². The summed E-state index contributed by atoms with van der Waals surface area (Å²) in [5.41, 5.74) is 4.03. The number of para-hydroxylation sites is 1. The van der Waals surface area contributed by atoms with E-state index in [1.165, 1.54) is 11.3 Å². The highest BCUT2D eigenvalue weighted by atomic mass is 35.5. The third-order valence-electron chi connectivity index (χ3n) is 6.89. The van der Waals surface area contributed by atoms with E-state index in [0.29, 0.717) is 22.3 Å². The standard InChI is InChI=1S/C29H27ClN4O2S2/c1-19-22(30)9-10-26-27(19)32-29(38-26)34(12-5-11-33-13-15-36-16-14-33)28(35)21-18-24(25-8-4-17-37-25)31-23-7-3-2-6-20(21)23/h2-4,6-10,17-18H,5,11-16H2,1H3. The number of carbonyl (C=O) groups is 1. The first-order valence-corrected chi connectivity index (χ1v) is 14.8. The molecule has 0 spiro atoms. The molecule has 0 bridgehead atoms. The van der Waals surface area contributed by atoms with Crippen LogP contribution >= 0.6 is 34.3 Å². The highest BCUT2D eigenvalue weighted by Gasteiger charge is 2.25. The van der Waals surface area contributed by atoms with Crippen LogP contribution in [-0.2, 0) is 4.74 Å². The predicted molar refractivity (Wildman–Crippen MR) is 158 cm³/mol. The molecule has 1 aliphatic heterocycles. The molecule has 6 nitrogen and oxygen atoms in total. The van der Waals surface area contributed by atoms with Gasteiger partial charge in [0.15, 0.2) is 5.13 Å². The van der Waals surface area contributed by atoms with E-state index in [2.05, 4.69) is 4.90 Å². The van der Waals surface area contributed by atoms with E-state index in [0.717, 1.165) is 76.5 Å². The lowest BCUT2D eigenvalue weighted by Crippen LogP contribution is -2.39. The quantitative estimate of drug-likeness (QED) is 0.216. The Morgan fingerprint density at radius 1 is 1.11 bits per heavy atom. The zero-order valence-electron chi connectivity index (χ0n) is 21.0. The number of anilines is 1. The molecule has 38 heavy (non-hydrogen) atoms. The fourth-order valence-corrected chi connectivity index (χ4v) is 6.70. The maximum absolute atomic E-state index is 14.4. The molecule has 2 aromatic carbocycles. The number of thiazole rings is 1. The van der Waals surface area contributed by atoms with Crippen LogP contribution in [0.5, 0.6) is 0 Å². The summed E-state index contributed by atoms with van der Waals surface area (Å²) in [6.07, 6.45) is 0.836. The van der Waals surface area contributed by atoms with Gasteiger partial charge in [-0.1, -0.05) is 47.2 Å². The first-order valence-electron chi connectivity index (χ1n) is 12.7. The summed E-state index contributed by atoms with van der Waals surface area (Å²) in [6.45, 7) is 6.80. The normalized spacial score (nSPS) is 14.4. The van der Waals surface area contributed by atoms with E-state index in [1.807, 2.05) is 71.8 Å². The molecule has 1 aliphatic rings. The molecule has 194 valence electrons. The first kappa shape index (κ1) is 25.4. The Hall–Kier alpha value is -2.88. The molecule has 0 aliphatic carbocycles. The molecular weight excluding hydrogens is 536 g/mol. The van der Waals surface area contributed by atoms with Gasteiger partial charge < -0.3 is 4.74 Å². The number of rotatable bonds is 7. The second-order valence-electron chi connectivity index (χ2n) is 9.33. The van der Waals surface area contributed by atoms with Crippen molar-refractivity contribution in [1.29, 1.82) is 0 Å². The first-order chi connectivity index (χ1) is 18.6. The van der Waals surface area contributed by atoms with E-state index in [1.54, 1.807) is 11.3 Å². The van der Waals surface area contributed by atoms with E-state index in [9.17, 15) is 4.79 Å². The van der Waals surface area contributed by atoms with Crippen molar-refractivity contribution in [3.8, 4) is 10.6 Å². The van der Waals surface area contributed by atoms with Crippen molar-refractivity contribution in [3.05, 3.63) is 76.1 Å². The molecule has 6 rings (SSSR count). The number of thiophene rings is 1. The van der Waals surface area contributed by atoms with Crippen molar-refractivity contribution < 1.29 is 9.53 Å². The van der Waals surface area contributed by atoms with Crippen molar-refractivity contribution in [2.45, 2.75) is 13.3 Å². The molecule has 1 amide bonds. The van der Waals surface area contributed by atoms with Gasteiger partial charge in [0, 0.05) is 36.6 Å². The third kappa shape index (κ3) is 5.07. The summed E-state index contributed by atoms with van der Waals surface area (Å²) in [4.78, 5) is 29.5. The van der Waals surface area contributed by atoms with Gasteiger partial charge in [0.25, 0.3) is 5.91 Å². The number of fused-ring (bicyclic) bond motifs is 2. The molecule has 3 aromatic heterocycles. The van der Waals surface area contributed by atoms with Crippen molar-refractivity contribution in [1.82, 2.24) is 14.9 Å². The number of carbonyl (C=O) groups excluding carboxylic acids is 1. The highest BCUT2D eigenvalue weighted by Crippen LogP contribution is 2.35. The average molecular weight is 563 g/mol. The maximum Gasteiger partial charge on any atom is 0.260 e. The number of hydrogen-bond acceptors (Lipinski definition) is 7. The number of ether oxygens (including phenoxy) is 1. The molecule has 9 heteroatoms. The topological polar surface area (TPSA) is 58.6 Å². The minimum Gasteiger partial charge on any atom is -0.379 e. The molecule has 5 aromatic rings. The molecule has 0 radical (unpaired) electrons. The Labute approximate surface area is 234 Å². The van der Waals surface area contributed by atoms with Gasteiger partial charge in [0.1, 0.15) is 0 Å². The molecule has 4 heterocycles. The van der Waals surface area contributed by atoms with Crippen molar-refractivity contribution in [2.24, 2.45) is 0 Å². The van der Waals surface area contributed by atoms with Gasteiger partial charge in [-0.15, -0.1) is 11.3 Å². The summed E-state index contributed by atoms with van der Waals surface area (Å²) >= 11 is 9.55. The Kier molecular flexibility index (Phi) is 7.41. The third-order valence-corrected chi connectivity index (χ3v) is 9.24. The number of nitrogens with zero attached hydrogens (tertiary/aromatic N) is 4. The van der Waals surface area contributed by atoms with Gasteiger partial charge in [-0.05, 0) is 54.6 Å². The van der Waals surface area contributed by atoms with Crippen LogP contribution < -0.4 is 4.90 Å². The van der Waals surface area contributed by atoms with Gasteiger partial charge in [-0.25, -0.2) is 9.97 Å². The van der Waals surface area contributed by atoms with Crippen LogP contribution in [0.4, 0.5) is 5.13 Å². The maximum atomic E-state index is 14.4. The van der Waals surface area contributed by atoms with Gasteiger partial charge in [0.05, 0.1) is 45.1 Å². The largest absolute Gasteiger partial charge is 0.379 e. The molecular formula is C29H27ClN4O2S2. The summed E-state index contributed by atoms with van der Waals surface area (Å²) < 4.78 is 6.52. The molecule has 0 unspecified atom stereocenters. The second kappa shape index (κ2) is 11.1. The van der Waals surface area contributed by atoms with Crippen molar-refractivity contribution >= 4 is 66.4 Å². The summed E-state index contributed by atoms with van der Waals surface area (Å²) in [6, 6.07) is 17.7. The summed E-state index contributed by atoms with van der Waals surface area (Å²) in [5, 5.41) is 4.24. The van der Waals surface area contributed by atoms with E-state index in [4.69, 9.17) is 26.3 Å². The number of amides is 1. The highest BCUT2D eigenvalue weighted by molar-refractivity contribution is 7.22. The summed E-state index contributed by atoms with van der Waals surface area (Å²) in [5.74, 6) is -0.0637. The molecule has 0 atom stereocenters. The second-order valence-corrected chi connectivity index (χ2v) is 11.7. The number of aryl methyl sites for hydroxylation is 1. The van der Waals surface area contributed by atoms with Gasteiger partial charge in [-0.2, -0.15) is 0 Å². The zero-order chi connectivity index (χ0) is 26.1. The van der Waals surface area contributed by atoms with Gasteiger partial charge >= 0.3 is 0 Å². The lowest BCUT2D eigenvalue weighted by atomic mass is 10.1. The minimum atomic E-state index is -0.0637. The number of hydrogen-bond donors (Lipinski definition) is 0. The van der Waals surface area contributed by atoms with E-state index < -0.39 is 0 Å². The van der Waals surface area contributed by atoms with Crippen LogP contribution in [0.2, 0.25) is 5.02 Å². The zero-order valence-corrected chi connectivity index (χ0v) is 23.4. The lowest BCUT2D eigenvalue weighted by Gasteiger charge is -2.28. The van der Waals surface area contributed by atoms with E-state index in [-0.39, 0.29) is 5.91 Å². The van der Waals surface area contributed by atoms with Crippen LogP contribution in [0.1, 0.15) is 22.3 Å². The van der Waals surface area contributed by atoms with Gasteiger partial charge in [0.2, 0.25) is 0 Å². The fraction of sp³-hybridized carbons (Fsp3) is 0.276. The molecule has 0 saturated carbocycles. The number of morpholine rings is 1. The smallest absolute Gasteiger partial charge is 0.260 e. The monoisotopic (exact) mass is 562 g/mol. The average Bonchev–Trinajstić information content (AvgIpc) is 3.64. The van der Waals surface area contributed by atoms with Crippen LogP contribution in [0.15, 0.2) is 60.0 Å². The lowest BCUT2D eigenvalue weighted by molar-refractivity contribution is 0.0376. The Bertz CT molecular complexity index is 1600. The SMILES string of the molecule is Cc1c(Cl)ccc2sc(N(CCCN3CCOCC3)C(=O)c3cc(-c4cccs4)nc4ccccc34)nc12. The Morgan fingerprint density at radius 2 is 1.95 bits per heavy atom. The Balaban J connectivity index is 1.41. The predicted octanol–water partition coefficient (Wildman–Crippen LogP) is 6.90. The molecule has 1 fully saturated rings.